The van der Waals surface area contributed by atoms with E-state index in [0.717, 1.165) is 77.0 Å². The first-order valence-electron chi connectivity index (χ1n) is 15.2. The number of hydrogen-bond acceptors (Lipinski definition) is 6. The summed E-state index contributed by atoms with van der Waals surface area (Å²) in [7, 11) is 0. The number of unbranched alkanes of at least 4 members (excludes halogenated alkanes) is 18. The van der Waals surface area contributed by atoms with Crippen LogP contribution in [0.2, 0.25) is 0 Å². The molecule has 7 nitrogen and oxygen atoms in total. The summed E-state index contributed by atoms with van der Waals surface area (Å²) in [4.78, 5) is 30.2. The average molecular weight is 720 g/mol. The van der Waals surface area contributed by atoms with Crippen molar-refractivity contribution in [2.24, 2.45) is 0 Å². The Morgan fingerprint density at radius 3 is 0.732 bits per heavy atom. The Labute approximate surface area is 292 Å². The predicted octanol–water partition coefficient (Wildman–Crippen LogP) is 5.30. The van der Waals surface area contributed by atoms with Crippen LogP contribution in [0.1, 0.15) is 154 Å². The molecule has 0 spiro atoms. The molecule has 0 unspecified atom stereocenters. The summed E-state index contributed by atoms with van der Waals surface area (Å²) in [6.07, 6.45) is 29.5. The minimum atomic E-state index is -0.924. The van der Waals surface area contributed by atoms with Crippen molar-refractivity contribution in [3.05, 3.63) is 38.0 Å². The van der Waals surface area contributed by atoms with E-state index in [2.05, 4.69) is 19.7 Å². The van der Waals surface area contributed by atoms with Crippen LogP contribution in [-0.4, -0.2) is 23.4 Å². The van der Waals surface area contributed by atoms with E-state index in [9.17, 15) is 29.7 Å². The molecule has 0 aliphatic rings. The molecule has 8 heteroatoms. The smallest absolute Gasteiger partial charge is 0.550 e. The maximum absolute atomic E-state index is 10.1. The van der Waals surface area contributed by atoms with Gasteiger partial charge in [-0.2, -0.15) is 0 Å². The molecule has 0 aliphatic heterocycles. The predicted molar refractivity (Wildman–Crippen MR) is 160 cm³/mol. The van der Waals surface area contributed by atoms with E-state index in [4.69, 9.17) is 0 Å². The summed E-state index contributed by atoms with van der Waals surface area (Å²) in [5, 5.41) is 30.2. The Balaban J connectivity index is -0.000000154. The summed E-state index contributed by atoms with van der Waals surface area (Å²) in [5.41, 5.74) is 0. The largest absolute Gasteiger partial charge is 3.00 e. The van der Waals surface area contributed by atoms with Gasteiger partial charge in [0.25, 0.3) is 0 Å². The van der Waals surface area contributed by atoms with Crippen LogP contribution in [0.25, 0.3) is 0 Å². The summed E-state index contributed by atoms with van der Waals surface area (Å²) >= 11 is 0. The van der Waals surface area contributed by atoms with Crippen LogP contribution in [-0.2, 0) is 14.4 Å². The Morgan fingerprint density at radius 1 is 0.390 bits per heavy atom. The van der Waals surface area contributed by atoms with Gasteiger partial charge in [-0.05, 0) is 77.0 Å². The van der Waals surface area contributed by atoms with Crippen LogP contribution < -0.4 is 15.3 Å². The minimum Gasteiger partial charge on any atom is -0.550 e. The zero-order valence-electron chi connectivity index (χ0n) is 25.7. The number of hydrogen-bond donors (Lipinski definition) is 0. The maximum atomic E-state index is 10.1. The molecule has 0 aromatic rings. The van der Waals surface area contributed by atoms with E-state index in [0.29, 0.717) is 0 Å². The van der Waals surface area contributed by atoms with Crippen molar-refractivity contribution in [1.29, 1.82) is 0 Å². The van der Waals surface area contributed by atoms with E-state index < -0.39 is 17.9 Å². The fraction of sp³-hybridized carbons (Fsp3) is 0.727. The fourth-order valence-corrected chi connectivity index (χ4v) is 3.80. The number of carbonyl (C=O) groups is 3. The monoisotopic (exact) mass is 720 g/mol. The Bertz CT molecular complexity index is 513. The zero-order valence-corrected chi connectivity index (χ0v) is 28.1. The molecule has 0 rings (SSSR count). The van der Waals surface area contributed by atoms with Gasteiger partial charge in [0.15, 0.2) is 0 Å². The molecular weight excluding hydrogens is 660 g/mol. The standard InChI is InChI=1S/3C11H20O2.Eu.H2O/c3*1-2-3-4-5-6-7-8-9-10-11(12)13;;/h3*2H,1,3-10H2,(H,12,13);;1H2/q;;;+3;/p-3. The van der Waals surface area contributed by atoms with Crippen molar-refractivity contribution >= 4 is 17.9 Å². The third kappa shape index (κ3) is 63.6. The Morgan fingerprint density at radius 2 is 0.561 bits per heavy atom. The molecule has 0 bridgehead atoms. The maximum Gasteiger partial charge on any atom is 3.00 e. The van der Waals surface area contributed by atoms with Crippen LogP contribution >= 0.6 is 0 Å². The van der Waals surface area contributed by atoms with Gasteiger partial charge in [0.1, 0.15) is 0 Å². The molecule has 0 aromatic heterocycles. The van der Waals surface area contributed by atoms with Gasteiger partial charge < -0.3 is 35.2 Å². The van der Waals surface area contributed by atoms with Crippen LogP contribution in [0.3, 0.4) is 0 Å². The summed E-state index contributed by atoms with van der Waals surface area (Å²) in [6.45, 7) is 11.0. The van der Waals surface area contributed by atoms with Crippen LogP contribution in [0, 0.1) is 49.4 Å². The van der Waals surface area contributed by atoms with Gasteiger partial charge in [-0.3, -0.25) is 0 Å². The number of allylic oxidation sites excluding steroid dienone is 3. The fourth-order valence-electron chi connectivity index (χ4n) is 3.80. The SMILES string of the molecule is C=CCCCCCCCCC(=O)[O-].C=CCCCCCCCCC(=O)[O-].C=CCCCCCCCCC(=O)[O-].O.[Eu+3]. The Hall–Kier alpha value is -0.826. The molecule has 0 saturated heterocycles. The van der Waals surface area contributed by atoms with Crippen LogP contribution in [0.4, 0.5) is 0 Å². The molecule has 0 amide bonds. The molecule has 0 aliphatic carbocycles. The topological polar surface area (TPSA) is 152 Å². The molecule has 2 N–H and O–H groups in total. The van der Waals surface area contributed by atoms with E-state index in [1.165, 1.54) is 57.8 Å². The van der Waals surface area contributed by atoms with Crippen molar-refractivity contribution in [2.45, 2.75) is 154 Å². The van der Waals surface area contributed by atoms with Crippen LogP contribution in [0.5, 0.6) is 0 Å². The molecule has 0 atom stereocenters. The minimum absolute atomic E-state index is 0. The number of carboxylic acid groups (broad SMARTS) is 3. The average Bonchev–Trinajstić information content (AvgIpc) is 2.89. The van der Waals surface area contributed by atoms with E-state index in [1.54, 1.807) is 0 Å². The van der Waals surface area contributed by atoms with Crippen molar-refractivity contribution in [3.63, 3.8) is 0 Å². The normalized spacial score (nSPS) is 9.37. The van der Waals surface area contributed by atoms with E-state index >= 15 is 0 Å². The number of carbonyl (C=O) groups excluding carboxylic acids is 3. The van der Waals surface area contributed by atoms with Gasteiger partial charge in [-0.1, -0.05) is 95.3 Å². The molecule has 0 saturated carbocycles. The molecule has 0 radical (unpaired) electrons. The van der Waals surface area contributed by atoms with Crippen LogP contribution in [0.15, 0.2) is 38.0 Å². The van der Waals surface area contributed by atoms with Gasteiger partial charge in [0, 0.05) is 17.9 Å². The molecule has 0 heterocycles. The Kier molecular flexibility index (Phi) is 56.1. The second kappa shape index (κ2) is 46.1. The molecule has 0 fully saturated rings. The van der Waals surface area contributed by atoms with Gasteiger partial charge in [0.05, 0.1) is 0 Å². The summed E-state index contributed by atoms with van der Waals surface area (Å²) in [5.74, 6) is -2.77. The van der Waals surface area contributed by atoms with Gasteiger partial charge in [-0.15, -0.1) is 19.7 Å². The van der Waals surface area contributed by atoms with Gasteiger partial charge in [-0.25, -0.2) is 0 Å². The number of rotatable bonds is 27. The third-order valence-corrected chi connectivity index (χ3v) is 6.12. The van der Waals surface area contributed by atoms with Crippen molar-refractivity contribution in [2.75, 3.05) is 0 Å². The molecule has 41 heavy (non-hydrogen) atoms. The first kappa shape index (κ1) is 49.8. The van der Waals surface area contributed by atoms with Gasteiger partial charge in [0.2, 0.25) is 0 Å². The van der Waals surface area contributed by atoms with Crippen molar-refractivity contribution < 1.29 is 84.6 Å². The summed E-state index contributed by atoms with van der Waals surface area (Å²) < 4.78 is 0. The third-order valence-electron chi connectivity index (χ3n) is 6.12. The number of carboxylic acids is 3. The van der Waals surface area contributed by atoms with Gasteiger partial charge >= 0.3 is 49.4 Å². The van der Waals surface area contributed by atoms with Crippen molar-refractivity contribution in [3.8, 4) is 0 Å². The second-order valence-corrected chi connectivity index (χ2v) is 9.96. The second-order valence-electron chi connectivity index (χ2n) is 9.96. The first-order valence-corrected chi connectivity index (χ1v) is 15.2. The van der Waals surface area contributed by atoms with E-state index in [1.807, 2.05) is 18.2 Å². The van der Waals surface area contributed by atoms with Crippen molar-refractivity contribution in [1.82, 2.24) is 0 Å². The molecular formula is C33H59EuO7. The molecule has 0 aromatic carbocycles. The molecule has 240 valence electrons. The van der Waals surface area contributed by atoms with E-state index in [-0.39, 0.29) is 74.1 Å². The number of aliphatic carboxylic acids is 3. The quantitative estimate of drug-likeness (QED) is 0.0830. The zero-order chi connectivity index (χ0) is 29.8. The summed E-state index contributed by atoms with van der Waals surface area (Å²) in [6, 6.07) is 0. The first-order chi connectivity index (χ1) is 18.8.